The smallest absolute Gasteiger partial charge is 0.304 e. The second kappa shape index (κ2) is 10.1. The molecule has 0 saturated heterocycles. The third kappa shape index (κ3) is 4.82. The maximum absolute atomic E-state index is 13.5. The minimum absolute atomic E-state index is 0.116. The number of hydrogen-bond donors (Lipinski definition) is 1. The van der Waals surface area contributed by atoms with E-state index in [0.29, 0.717) is 28.1 Å². The van der Waals surface area contributed by atoms with Crippen LogP contribution in [0.1, 0.15) is 36.0 Å². The molecule has 38 heavy (non-hydrogen) atoms. The van der Waals surface area contributed by atoms with Crippen molar-refractivity contribution in [3.05, 3.63) is 77.4 Å². The molecule has 0 spiro atoms. The Morgan fingerprint density at radius 3 is 2.71 bits per heavy atom. The van der Waals surface area contributed by atoms with Gasteiger partial charge in [-0.25, -0.2) is 13.1 Å². The van der Waals surface area contributed by atoms with E-state index in [0.717, 1.165) is 11.1 Å². The summed E-state index contributed by atoms with van der Waals surface area (Å²) in [7, 11) is -0.500. The molecule has 2 atom stereocenters. The minimum Gasteiger partial charge on any atom is -0.494 e. The van der Waals surface area contributed by atoms with Crippen molar-refractivity contribution in [2.75, 3.05) is 13.7 Å². The van der Waals surface area contributed by atoms with Crippen molar-refractivity contribution in [1.82, 2.24) is 19.3 Å². The summed E-state index contributed by atoms with van der Waals surface area (Å²) in [4.78, 5) is 12.0. The van der Waals surface area contributed by atoms with Crippen molar-refractivity contribution in [1.29, 1.82) is 0 Å². The highest BCUT2D eigenvalue weighted by Gasteiger charge is 2.33. The molecule has 1 aliphatic heterocycles. The van der Waals surface area contributed by atoms with E-state index in [-0.39, 0.29) is 30.5 Å². The van der Waals surface area contributed by atoms with E-state index in [1.807, 2.05) is 37.3 Å². The Morgan fingerprint density at radius 1 is 1.16 bits per heavy atom. The van der Waals surface area contributed by atoms with Crippen molar-refractivity contribution >= 4 is 27.0 Å². The van der Waals surface area contributed by atoms with Gasteiger partial charge in [0, 0.05) is 19.5 Å². The molecule has 0 saturated carbocycles. The Balaban J connectivity index is 1.52. The number of sulfonamides is 1. The van der Waals surface area contributed by atoms with E-state index in [2.05, 4.69) is 10.3 Å². The topological polar surface area (TPSA) is 124 Å². The highest BCUT2D eigenvalue weighted by molar-refractivity contribution is 7.89. The largest absolute Gasteiger partial charge is 0.494 e. The van der Waals surface area contributed by atoms with Crippen molar-refractivity contribution in [2.45, 2.75) is 36.8 Å². The molecular weight excluding hydrogens is 508 g/mol. The summed E-state index contributed by atoms with van der Waals surface area (Å²) in [6, 6.07) is 17.6. The van der Waals surface area contributed by atoms with Crippen LogP contribution in [-0.2, 0) is 28.4 Å². The lowest BCUT2D eigenvalue weighted by atomic mass is 9.87. The van der Waals surface area contributed by atoms with Gasteiger partial charge in [-0.3, -0.25) is 4.79 Å². The van der Waals surface area contributed by atoms with Crippen molar-refractivity contribution in [3.63, 3.8) is 0 Å². The van der Waals surface area contributed by atoms with Gasteiger partial charge in [0.15, 0.2) is 0 Å². The lowest BCUT2D eigenvalue weighted by Gasteiger charge is -2.23. The first-order valence-corrected chi connectivity index (χ1v) is 13.5. The third-order valence-electron chi connectivity index (χ3n) is 6.66. The molecule has 4 aromatic rings. The Hall–Kier alpha value is -3.96. The number of aryl methyl sites for hydroxylation is 1. The lowest BCUT2D eigenvalue weighted by molar-refractivity contribution is -0.137. The van der Waals surface area contributed by atoms with Gasteiger partial charge in [-0.15, -0.1) is 5.10 Å². The monoisotopic (exact) mass is 536 g/mol. The quantitative estimate of drug-likeness (QED) is 0.380. The van der Waals surface area contributed by atoms with Gasteiger partial charge >= 0.3 is 5.97 Å². The fourth-order valence-corrected chi connectivity index (χ4v) is 6.56. The maximum Gasteiger partial charge on any atom is 0.304 e. The Bertz CT molecular complexity index is 1620. The third-order valence-corrected chi connectivity index (χ3v) is 8.51. The fourth-order valence-electron chi connectivity index (χ4n) is 4.93. The molecule has 0 bridgehead atoms. The molecule has 10 nitrogen and oxygen atoms in total. The zero-order chi connectivity index (χ0) is 27.0. The molecule has 1 aliphatic rings. The second-order valence-electron chi connectivity index (χ2n) is 9.37. The number of ether oxygens (including phenoxy) is 2. The lowest BCUT2D eigenvalue weighted by Crippen LogP contribution is -2.35. The zero-order valence-corrected chi connectivity index (χ0v) is 22.1. The van der Waals surface area contributed by atoms with E-state index in [4.69, 9.17) is 9.47 Å². The number of carbonyl (C=O) groups is 1. The van der Waals surface area contributed by atoms with Crippen LogP contribution in [0.25, 0.3) is 11.0 Å². The van der Waals surface area contributed by atoms with Crippen LogP contribution in [0.4, 0.5) is 0 Å². The number of carboxylic acid groups (broad SMARTS) is 1. The molecule has 198 valence electrons. The Labute approximate surface area is 220 Å². The SMILES string of the molecule is COc1cc(C(CC(=O)O)c2cccc(CN3CC(C)Oc4ccccc4S3(=O)=O)c2)cc2nnn(C)c12. The van der Waals surface area contributed by atoms with Crippen LogP contribution >= 0.6 is 0 Å². The van der Waals surface area contributed by atoms with E-state index in [9.17, 15) is 18.3 Å². The van der Waals surface area contributed by atoms with Gasteiger partial charge in [0.1, 0.15) is 33.5 Å². The standard InChI is InChI=1S/C27H28N4O6S/c1-17-15-31(38(34,35)25-10-5-4-9-23(25)37-17)16-18-7-6-8-19(11-18)21(14-26(32)33)20-12-22-27(24(13-20)36-3)30(2)29-28-22/h4-13,17,21H,14-16H2,1-3H3,(H,32,33). The number of carboxylic acids is 1. The van der Waals surface area contributed by atoms with Crippen LogP contribution < -0.4 is 9.47 Å². The highest BCUT2D eigenvalue weighted by Crippen LogP contribution is 2.36. The van der Waals surface area contributed by atoms with Gasteiger partial charge in [-0.05, 0) is 47.9 Å². The van der Waals surface area contributed by atoms with Gasteiger partial charge in [-0.2, -0.15) is 4.31 Å². The number of para-hydroxylation sites is 1. The average molecular weight is 537 g/mol. The second-order valence-corrected chi connectivity index (χ2v) is 11.3. The number of methoxy groups -OCH3 is 1. The molecule has 1 aromatic heterocycles. The van der Waals surface area contributed by atoms with Gasteiger partial charge in [0.2, 0.25) is 10.0 Å². The molecule has 3 aromatic carbocycles. The maximum atomic E-state index is 13.5. The van der Waals surface area contributed by atoms with Crippen molar-refractivity contribution < 1.29 is 27.8 Å². The molecule has 0 fully saturated rings. The Kier molecular flexibility index (Phi) is 6.80. The van der Waals surface area contributed by atoms with Crippen LogP contribution in [0.2, 0.25) is 0 Å². The summed E-state index contributed by atoms with van der Waals surface area (Å²) in [6.45, 7) is 2.13. The van der Waals surface area contributed by atoms with Crippen LogP contribution in [0, 0.1) is 0 Å². The summed E-state index contributed by atoms with van der Waals surface area (Å²) in [6.07, 6.45) is -0.513. The number of aromatic nitrogens is 3. The predicted octanol–water partition coefficient (Wildman–Crippen LogP) is 3.56. The van der Waals surface area contributed by atoms with Gasteiger partial charge < -0.3 is 14.6 Å². The molecule has 2 heterocycles. The van der Waals surface area contributed by atoms with Crippen LogP contribution in [0.15, 0.2) is 65.6 Å². The van der Waals surface area contributed by atoms with E-state index < -0.39 is 21.9 Å². The first-order chi connectivity index (χ1) is 18.2. The molecule has 1 N–H and O–H groups in total. The van der Waals surface area contributed by atoms with Crippen LogP contribution in [0.3, 0.4) is 0 Å². The molecule has 5 rings (SSSR count). The van der Waals surface area contributed by atoms with E-state index in [1.54, 1.807) is 49.2 Å². The summed E-state index contributed by atoms with van der Waals surface area (Å²) in [5.41, 5.74) is 3.50. The number of benzene rings is 3. The molecular formula is C27H28N4O6S. The first-order valence-electron chi connectivity index (χ1n) is 12.1. The Morgan fingerprint density at radius 2 is 1.95 bits per heavy atom. The summed E-state index contributed by atoms with van der Waals surface area (Å²) in [5, 5.41) is 18.0. The van der Waals surface area contributed by atoms with Gasteiger partial charge in [0.25, 0.3) is 0 Å². The molecule has 11 heteroatoms. The minimum atomic E-state index is -3.81. The average Bonchev–Trinajstić information content (AvgIpc) is 3.23. The fraction of sp³-hybridized carbons (Fsp3) is 0.296. The van der Waals surface area contributed by atoms with Crippen molar-refractivity contribution in [2.24, 2.45) is 7.05 Å². The van der Waals surface area contributed by atoms with Crippen molar-refractivity contribution in [3.8, 4) is 11.5 Å². The number of fused-ring (bicyclic) bond motifs is 2. The summed E-state index contributed by atoms with van der Waals surface area (Å²) >= 11 is 0. The normalized spacial score (nSPS) is 17.8. The molecule has 0 amide bonds. The zero-order valence-electron chi connectivity index (χ0n) is 21.2. The number of hydrogen-bond acceptors (Lipinski definition) is 7. The number of rotatable bonds is 7. The van der Waals surface area contributed by atoms with Crippen LogP contribution in [0.5, 0.6) is 11.5 Å². The molecule has 2 unspecified atom stereocenters. The number of nitrogens with zero attached hydrogens (tertiary/aromatic N) is 4. The molecule has 0 radical (unpaired) electrons. The molecule has 0 aliphatic carbocycles. The summed E-state index contributed by atoms with van der Waals surface area (Å²) < 4.78 is 41.4. The number of aliphatic carboxylic acids is 1. The first kappa shape index (κ1) is 25.7. The van der Waals surface area contributed by atoms with Crippen LogP contribution in [-0.4, -0.2) is 58.6 Å². The van der Waals surface area contributed by atoms with Gasteiger partial charge in [-0.1, -0.05) is 41.6 Å². The predicted molar refractivity (Wildman–Crippen MR) is 140 cm³/mol. The highest BCUT2D eigenvalue weighted by atomic mass is 32.2. The van der Waals surface area contributed by atoms with Gasteiger partial charge in [0.05, 0.1) is 20.1 Å². The van der Waals surface area contributed by atoms with E-state index in [1.165, 1.54) is 4.31 Å². The van der Waals surface area contributed by atoms with E-state index >= 15 is 0 Å². The summed E-state index contributed by atoms with van der Waals surface area (Å²) in [5.74, 6) is -0.598.